The number of anilines is 1. The highest BCUT2D eigenvalue weighted by Crippen LogP contribution is 2.31. The molecule has 1 N–H and O–H groups in total. The van der Waals surface area contributed by atoms with Crippen LogP contribution in [-0.2, 0) is 0 Å². The molecule has 8 heteroatoms. The number of nitrogens with zero attached hydrogens (tertiary/aromatic N) is 3. The van der Waals surface area contributed by atoms with E-state index in [1.165, 1.54) is 18.3 Å². The van der Waals surface area contributed by atoms with Gasteiger partial charge in [0.1, 0.15) is 12.0 Å². The Morgan fingerprint density at radius 2 is 2.14 bits per heavy atom. The van der Waals surface area contributed by atoms with Gasteiger partial charge in [0.15, 0.2) is 11.5 Å². The minimum Gasteiger partial charge on any atom is -0.454 e. The summed E-state index contributed by atoms with van der Waals surface area (Å²) in [5.41, 5.74) is 3.45. The summed E-state index contributed by atoms with van der Waals surface area (Å²) in [7, 11) is 0. The summed E-state index contributed by atoms with van der Waals surface area (Å²) in [6.07, 6.45) is 2.75. The Bertz CT molecular complexity index is 700. The van der Waals surface area contributed by atoms with Crippen LogP contribution in [0.4, 0.5) is 11.5 Å². The number of benzene rings is 1. The zero-order chi connectivity index (χ0) is 14.7. The molecule has 0 bridgehead atoms. The van der Waals surface area contributed by atoms with Gasteiger partial charge in [-0.2, -0.15) is 5.10 Å². The van der Waals surface area contributed by atoms with Crippen molar-refractivity contribution in [2.45, 2.75) is 0 Å². The highest BCUT2D eigenvalue weighted by molar-refractivity contribution is 5.81. The predicted octanol–water partition coefficient (Wildman–Crippen LogP) is 2.16. The zero-order valence-electron chi connectivity index (χ0n) is 10.7. The molecular formula is C13H10N4O4. The molecule has 2 aromatic rings. The molecule has 1 aliphatic rings. The molecule has 3 rings (SSSR count). The predicted molar refractivity (Wildman–Crippen MR) is 74.7 cm³/mol. The first-order chi connectivity index (χ1) is 10.2. The lowest BCUT2D eigenvalue weighted by atomic mass is 10.2. The van der Waals surface area contributed by atoms with Crippen LogP contribution in [0.3, 0.4) is 0 Å². The average molecular weight is 286 g/mol. The van der Waals surface area contributed by atoms with Gasteiger partial charge in [0.2, 0.25) is 6.79 Å². The fourth-order valence-electron chi connectivity index (χ4n) is 1.73. The lowest BCUT2D eigenvalue weighted by Gasteiger charge is -1.99. The molecule has 0 saturated carbocycles. The zero-order valence-corrected chi connectivity index (χ0v) is 10.7. The number of fused-ring (bicyclic) bond motifs is 1. The number of nitrogens with one attached hydrogen (secondary N) is 1. The van der Waals surface area contributed by atoms with Crippen LogP contribution in [-0.4, -0.2) is 22.9 Å². The first kappa shape index (κ1) is 12.9. The van der Waals surface area contributed by atoms with Crippen molar-refractivity contribution in [3.8, 4) is 11.5 Å². The Kier molecular flexibility index (Phi) is 3.34. The van der Waals surface area contributed by atoms with Gasteiger partial charge in [-0.25, -0.2) is 4.98 Å². The molecule has 1 aromatic carbocycles. The van der Waals surface area contributed by atoms with E-state index < -0.39 is 4.92 Å². The smallest absolute Gasteiger partial charge is 0.287 e. The highest BCUT2D eigenvalue weighted by Gasteiger charge is 2.12. The standard InChI is InChI=1S/C13H10N4O4/c18-17(19)10-2-4-13(14-7-10)16-15-6-9-1-3-11-12(5-9)21-8-20-11/h1-7H,8H2,(H,14,16). The van der Waals surface area contributed by atoms with E-state index in [0.29, 0.717) is 17.3 Å². The van der Waals surface area contributed by atoms with E-state index >= 15 is 0 Å². The Labute approximate surface area is 119 Å². The van der Waals surface area contributed by atoms with Crippen molar-refractivity contribution in [3.05, 3.63) is 52.2 Å². The molecule has 0 unspecified atom stereocenters. The van der Waals surface area contributed by atoms with E-state index in [0.717, 1.165) is 5.56 Å². The summed E-state index contributed by atoms with van der Waals surface area (Å²) in [5.74, 6) is 1.79. The molecule has 21 heavy (non-hydrogen) atoms. The van der Waals surface area contributed by atoms with Crippen LogP contribution in [0, 0.1) is 10.1 Å². The number of rotatable bonds is 4. The van der Waals surface area contributed by atoms with Gasteiger partial charge in [-0.05, 0) is 29.8 Å². The summed E-state index contributed by atoms with van der Waals surface area (Å²) in [6, 6.07) is 8.27. The summed E-state index contributed by atoms with van der Waals surface area (Å²) >= 11 is 0. The molecule has 0 spiro atoms. The molecular weight excluding hydrogens is 276 g/mol. The first-order valence-corrected chi connectivity index (χ1v) is 6.01. The molecule has 0 fully saturated rings. The number of hydrogen-bond acceptors (Lipinski definition) is 7. The van der Waals surface area contributed by atoms with Crippen molar-refractivity contribution in [2.75, 3.05) is 12.2 Å². The second-order valence-corrected chi connectivity index (χ2v) is 4.14. The molecule has 8 nitrogen and oxygen atoms in total. The van der Waals surface area contributed by atoms with Crippen molar-refractivity contribution in [3.63, 3.8) is 0 Å². The third-order valence-electron chi connectivity index (χ3n) is 2.75. The number of ether oxygens (including phenoxy) is 2. The lowest BCUT2D eigenvalue weighted by molar-refractivity contribution is -0.385. The number of aromatic nitrogens is 1. The number of hydrazone groups is 1. The minimum atomic E-state index is -0.507. The monoisotopic (exact) mass is 286 g/mol. The van der Waals surface area contributed by atoms with Gasteiger partial charge in [-0.15, -0.1) is 0 Å². The number of pyridine rings is 1. The van der Waals surface area contributed by atoms with Crippen LogP contribution in [0.15, 0.2) is 41.6 Å². The van der Waals surface area contributed by atoms with Crippen LogP contribution in [0.25, 0.3) is 0 Å². The van der Waals surface area contributed by atoms with E-state index in [9.17, 15) is 10.1 Å². The molecule has 0 aliphatic carbocycles. The van der Waals surface area contributed by atoms with Crippen LogP contribution in [0.5, 0.6) is 11.5 Å². The normalized spacial score (nSPS) is 12.6. The van der Waals surface area contributed by atoms with Gasteiger partial charge in [0.25, 0.3) is 5.69 Å². The molecule has 0 amide bonds. The lowest BCUT2D eigenvalue weighted by Crippen LogP contribution is -1.95. The summed E-state index contributed by atoms with van der Waals surface area (Å²) in [6.45, 7) is 0.223. The number of hydrogen-bond donors (Lipinski definition) is 1. The topological polar surface area (TPSA) is 98.9 Å². The highest BCUT2D eigenvalue weighted by atomic mass is 16.7. The van der Waals surface area contributed by atoms with Crippen molar-refractivity contribution >= 4 is 17.7 Å². The maximum atomic E-state index is 10.5. The van der Waals surface area contributed by atoms with E-state index in [2.05, 4.69) is 15.5 Å². The Hall–Kier alpha value is -3.16. The number of nitro groups is 1. The second-order valence-electron chi connectivity index (χ2n) is 4.14. The van der Waals surface area contributed by atoms with E-state index in [1.807, 2.05) is 6.07 Å². The maximum absolute atomic E-state index is 10.5. The molecule has 0 radical (unpaired) electrons. The van der Waals surface area contributed by atoms with Crippen molar-refractivity contribution < 1.29 is 14.4 Å². The third kappa shape index (κ3) is 2.89. The SMILES string of the molecule is O=[N+]([O-])c1ccc(NN=Cc2ccc3c(c2)OCO3)nc1. The Morgan fingerprint density at radius 1 is 1.29 bits per heavy atom. The largest absolute Gasteiger partial charge is 0.454 e. The van der Waals surface area contributed by atoms with E-state index in [4.69, 9.17) is 9.47 Å². The van der Waals surface area contributed by atoms with Gasteiger partial charge >= 0.3 is 0 Å². The van der Waals surface area contributed by atoms with E-state index in [-0.39, 0.29) is 12.5 Å². The first-order valence-electron chi connectivity index (χ1n) is 6.01. The quantitative estimate of drug-likeness (QED) is 0.525. The molecule has 106 valence electrons. The Morgan fingerprint density at radius 3 is 2.90 bits per heavy atom. The molecule has 1 aromatic heterocycles. The van der Waals surface area contributed by atoms with Crippen LogP contribution < -0.4 is 14.9 Å². The second kappa shape index (κ2) is 5.45. The van der Waals surface area contributed by atoms with Gasteiger partial charge in [0, 0.05) is 6.07 Å². The van der Waals surface area contributed by atoms with Crippen molar-refractivity contribution in [2.24, 2.45) is 5.10 Å². The fraction of sp³-hybridized carbons (Fsp3) is 0.0769. The van der Waals surface area contributed by atoms with Gasteiger partial charge in [-0.3, -0.25) is 15.5 Å². The van der Waals surface area contributed by atoms with Crippen LogP contribution in [0.1, 0.15) is 5.56 Å². The van der Waals surface area contributed by atoms with Gasteiger partial charge in [0.05, 0.1) is 11.1 Å². The molecule has 0 atom stereocenters. The molecule has 1 aliphatic heterocycles. The van der Waals surface area contributed by atoms with Gasteiger partial charge < -0.3 is 9.47 Å². The van der Waals surface area contributed by atoms with Crippen LogP contribution in [0.2, 0.25) is 0 Å². The van der Waals surface area contributed by atoms with Crippen molar-refractivity contribution in [1.29, 1.82) is 0 Å². The van der Waals surface area contributed by atoms with Crippen molar-refractivity contribution in [1.82, 2.24) is 4.98 Å². The van der Waals surface area contributed by atoms with Gasteiger partial charge in [-0.1, -0.05) is 0 Å². The average Bonchev–Trinajstić information content (AvgIpc) is 2.95. The summed E-state index contributed by atoms with van der Waals surface area (Å²) in [5, 5.41) is 14.5. The fourth-order valence-corrected chi connectivity index (χ4v) is 1.73. The minimum absolute atomic E-state index is 0.0692. The van der Waals surface area contributed by atoms with E-state index in [1.54, 1.807) is 18.3 Å². The Balaban J connectivity index is 1.65. The summed E-state index contributed by atoms with van der Waals surface area (Å²) < 4.78 is 10.5. The summed E-state index contributed by atoms with van der Waals surface area (Å²) in [4.78, 5) is 13.9. The van der Waals surface area contributed by atoms with Crippen LogP contribution >= 0.6 is 0 Å². The molecule has 2 heterocycles. The molecule has 0 saturated heterocycles. The third-order valence-corrected chi connectivity index (χ3v) is 2.75. The maximum Gasteiger partial charge on any atom is 0.287 e.